The minimum Gasteiger partial charge on any atom is -0.459 e. The highest BCUT2D eigenvalue weighted by molar-refractivity contribution is 5.94. The predicted octanol–water partition coefficient (Wildman–Crippen LogP) is 0.661. The van der Waals surface area contributed by atoms with Crippen LogP contribution >= 0.6 is 0 Å². The average molecular weight is 306 g/mol. The Balaban J connectivity index is 1.76. The highest BCUT2D eigenvalue weighted by Gasteiger charge is 2.11. The van der Waals surface area contributed by atoms with Gasteiger partial charge in [0.05, 0.1) is 25.1 Å². The zero-order chi connectivity index (χ0) is 15.9. The van der Waals surface area contributed by atoms with Crippen molar-refractivity contribution in [2.75, 3.05) is 6.54 Å². The van der Waals surface area contributed by atoms with Crippen LogP contribution < -0.4 is 10.7 Å². The lowest BCUT2D eigenvalue weighted by molar-refractivity contribution is -0.402. The minimum absolute atomic E-state index is 0.0826. The van der Waals surface area contributed by atoms with Gasteiger partial charge in [0.2, 0.25) is 0 Å². The normalized spacial score (nSPS) is 10.5. The first-order valence-corrected chi connectivity index (χ1v) is 5.94. The molecule has 114 valence electrons. The maximum atomic E-state index is 11.5. The Kier molecular flexibility index (Phi) is 4.65. The molecule has 0 spiro atoms. The number of carbonyl (C=O) groups is 2. The molecular weight excluding hydrogens is 296 g/mol. The Hall–Kier alpha value is -3.43. The smallest absolute Gasteiger partial charge is 0.433 e. The van der Waals surface area contributed by atoms with E-state index in [9.17, 15) is 19.7 Å². The van der Waals surface area contributed by atoms with E-state index in [0.717, 1.165) is 12.3 Å². The number of nitro groups is 1. The van der Waals surface area contributed by atoms with E-state index in [1.165, 1.54) is 18.4 Å². The van der Waals surface area contributed by atoms with Gasteiger partial charge in [0.15, 0.2) is 11.5 Å². The van der Waals surface area contributed by atoms with Crippen LogP contribution in [0.25, 0.3) is 0 Å². The molecule has 2 amide bonds. The van der Waals surface area contributed by atoms with E-state index in [2.05, 4.69) is 15.8 Å². The van der Waals surface area contributed by atoms with Crippen molar-refractivity contribution in [1.82, 2.24) is 10.7 Å². The molecule has 0 aromatic carbocycles. The number of amides is 2. The molecule has 2 N–H and O–H groups in total. The van der Waals surface area contributed by atoms with E-state index in [4.69, 9.17) is 8.83 Å². The van der Waals surface area contributed by atoms with Crippen LogP contribution in [0.2, 0.25) is 0 Å². The van der Waals surface area contributed by atoms with Crippen molar-refractivity contribution in [3.05, 3.63) is 52.2 Å². The molecule has 0 bridgehead atoms. The van der Waals surface area contributed by atoms with Gasteiger partial charge in [0, 0.05) is 0 Å². The largest absolute Gasteiger partial charge is 0.459 e. The first-order valence-electron chi connectivity index (χ1n) is 5.94. The fraction of sp³-hybridized carbons (Fsp3) is 0.0833. The standard InChI is InChI=1S/C12H10N4O6/c17-10(7-13-12(18)9-2-1-5-21-9)15-14-6-8-3-4-11(22-8)16(19)20/h1-6H,7H2,(H,13,18)(H,15,17)/b14-6+. The van der Waals surface area contributed by atoms with E-state index in [-0.39, 0.29) is 18.1 Å². The molecule has 2 aromatic rings. The van der Waals surface area contributed by atoms with Crippen LogP contribution in [-0.4, -0.2) is 29.5 Å². The van der Waals surface area contributed by atoms with Gasteiger partial charge in [-0.3, -0.25) is 19.7 Å². The van der Waals surface area contributed by atoms with E-state index in [1.54, 1.807) is 6.07 Å². The van der Waals surface area contributed by atoms with E-state index >= 15 is 0 Å². The van der Waals surface area contributed by atoms with Gasteiger partial charge in [-0.25, -0.2) is 5.43 Å². The summed E-state index contributed by atoms with van der Waals surface area (Å²) in [4.78, 5) is 32.6. The van der Waals surface area contributed by atoms with Crippen molar-refractivity contribution in [3.8, 4) is 0 Å². The van der Waals surface area contributed by atoms with Gasteiger partial charge in [-0.1, -0.05) is 0 Å². The van der Waals surface area contributed by atoms with Crippen LogP contribution in [0.3, 0.4) is 0 Å². The second-order valence-corrected chi connectivity index (χ2v) is 3.89. The lowest BCUT2D eigenvalue weighted by Crippen LogP contribution is -2.34. The molecule has 0 unspecified atom stereocenters. The average Bonchev–Trinajstić information content (AvgIpc) is 3.16. The third kappa shape index (κ3) is 4.03. The number of nitrogens with one attached hydrogen (secondary N) is 2. The van der Waals surface area contributed by atoms with Crippen LogP contribution in [0.15, 0.2) is 44.5 Å². The molecule has 0 atom stereocenters. The summed E-state index contributed by atoms with van der Waals surface area (Å²) in [6.45, 7) is -0.310. The third-order valence-electron chi connectivity index (χ3n) is 2.33. The molecule has 22 heavy (non-hydrogen) atoms. The number of rotatable bonds is 6. The Morgan fingerprint density at radius 2 is 2.18 bits per heavy atom. The van der Waals surface area contributed by atoms with Crippen LogP contribution in [0, 0.1) is 10.1 Å². The van der Waals surface area contributed by atoms with Crippen LogP contribution in [0.1, 0.15) is 16.3 Å². The lowest BCUT2D eigenvalue weighted by atomic mass is 10.4. The zero-order valence-electron chi connectivity index (χ0n) is 11.0. The monoisotopic (exact) mass is 306 g/mol. The summed E-state index contributed by atoms with van der Waals surface area (Å²) in [5.41, 5.74) is 2.13. The fourth-order valence-electron chi connectivity index (χ4n) is 1.37. The number of hydrogen-bond donors (Lipinski definition) is 2. The number of hydrazone groups is 1. The Morgan fingerprint density at radius 3 is 2.82 bits per heavy atom. The summed E-state index contributed by atoms with van der Waals surface area (Å²) < 4.78 is 9.64. The number of carbonyl (C=O) groups excluding carboxylic acids is 2. The Morgan fingerprint density at radius 1 is 1.36 bits per heavy atom. The van der Waals surface area contributed by atoms with Gasteiger partial charge in [-0.2, -0.15) is 5.10 Å². The number of furan rings is 2. The molecule has 0 saturated heterocycles. The van der Waals surface area contributed by atoms with Gasteiger partial charge in [0.1, 0.15) is 4.92 Å². The highest BCUT2D eigenvalue weighted by Crippen LogP contribution is 2.13. The van der Waals surface area contributed by atoms with Gasteiger partial charge in [0.25, 0.3) is 11.8 Å². The van der Waals surface area contributed by atoms with Crippen LogP contribution in [-0.2, 0) is 4.79 Å². The summed E-state index contributed by atoms with van der Waals surface area (Å²) in [5, 5.41) is 16.3. The molecule has 0 aliphatic heterocycles. The van der Waals surface area contributed by atoms with Gasteiger partial charge < -0.3 is 14.2 Å². The Bertz CT molecular complexity index is 703. The topological polar surface area (TPSA) is 140 Å². The number of hydrogen-bond acceptors (Lipinski definition) is 7. The zero-order valence-corrected chi connectivity index (χ0v) is 11.0. The molecule has 2 heterocycles. The van der Waals surface area contributed by atoms with Crippen molar-refractivity contribution in [2.24, 2.45) is 5.10 Å². The maximum Gasteiger partial charge on any atom is 0.433 e. The van der Waals surface area contributed by atoms with Crippen LogP contribution in [0.5, 0.6) is 0 Å². The van der Waals surface area contributed by atoms with Crippen molar-refractivity contribution in [3.63, 3.8) is 0 Å². The summed E-state index contributed by atoms with van der Waals surface area (Å²) in [6.07, 6.45) is 2.43. The van der Waals surface area contributed by atoms with Crippen molar-refractivity contribution >= 4 is 23.9 Å². The molecule has 0 aliphatic rings. The second-order valence-electron chi connectivity index (χ2n) is 3.89. The summed E-state index contributed by atoms with van der Waals surface area (Å²) in [5.74, 6) is -1.37. The van der Waals surface area contributed by atoms with Crippen molar-refractivity contribution < 1.29 is 23.3 Å². The summed E-state index contributed by atoms with van der Waals surface area (Å²) in [7, 11) is 0. The SMILES string of the molecule is O=C(CNC(=O)c1ccco1)N/N=C/c1ccc([N+](=O)[O-])o1. The second kappa shape index (κ2) is 6.83. The first-order chi connectivity index (χ1) is 10.6. The molecule has 0 aliphatic carbocycles. The molecule has 0 fully saturated rings. The Labute approximate surface area is 122 Å². The third-order valence-corrected chi connectivity index (χ3v) is 2.33. The molecule has 10 nitrogen and oxygen atoms in total. The molecule has 0 radical (unpaired) electrons. The first kappa shape index (κ1) is 15.0. The molecule has 2 aromatic heterocycles. The molecular formula is C12H10N4O6. The van der Waals surface area contributed by atoms with Crippen molar-refractivity contribution in [2.45, 2.75) is 0 Å². The van der Waals surface area contributed by atoms with Gasteiger partial charge in [-0.15, -0.1) is 0 Å². The molecule has 2 rings (SSSR count). The number of nitrogens with zero attached hydrogens (tertiary/aromatic N) is 2. The predicted molar refractivity (Wildman–Crippen MR) is 72.1 cm³/mol. The fourth-order valence-corrected chi connectivity index (χ4v) is 1.37. The van der Waals surface area contributed by atoms with Crippen LogP contribution in [0.4, 0.5) is 5.88 Å². The molecule has 0 saturated carbocycles. The quantitative estimate of drug-likeness (QED) is 0.456. The maximum absolute atomic E-state index is 11.5. The van der Waals surface area contributed by atoms with E-state index in [0.29, 0.717) is 0 Å². The highest BCUT2D eigenvalue weighted by atomic mass is 16.6. The molecule has 10 heteroatoms. The summed E-state index contributed by atoms with van der Waals surface area (Å²) in [6, 6.07) is 5.48. The van der Waals surface area contributed by atoms with Gasteiger partial charge in [-0.05, 0) is 18.2 Å². The van der Waals surface area contributed by atoms with E-state index in [1.807, 2.05) is 0 Å². The van der Waals surface area contributed by atoms with Crippen molar-refractivity contribution in [1.29, 1.82) is 0 Å². The van der Waals surface area contributed by atoms with E-state index < -0.39 is 22.6 Å². The van der Waals surface area contributed by atoms with Gasteiger partial charge >= 0.3 is 5.88 Å². The lowest BCUT2D eigenvalue weighted by Gasteiger charge is -2.01. The summed E-state index contributed by atoms with van der Waals surface area (Å²) >= 11 is 0. The minimum atomic E-state index is -0.694.